The summed E-state index contributed by atoms with van der Waals surface area (Å²) in [5.41, 5.74) is 0. The third-order valence-electron chi connectivity index (χ3n) is 3.74. The predicted octanol–water partition coefficient (Wildman–Crippen LogP) is 1.67. The third kappa shape index (κ3) is 3.65. The zero-order valence-electron chi connectivity index (χ0n) is 9.87. The highest BCUT2D eigenvalue weighted by Crippen LogP contribution is 2.26. The van der Waals surface area contributed by atoms with Gasteiger partial charge in [0.2, 0.25) is 0 Å². The van der Waals surface area contributed by atoms with Gasteiger partial charge in [0.15, 0.2) is 0 Å². The van der Waals surface area contributed by atoms with Crippen LogP contribution in [0, 0.1) is 11.8 Å². The Hall–Kier alpha value is 0.270. The molecule has 0 aliphatic carbocycles. The second-order valence-electron chi connectivity index (χ2n) is 5.03. The molecule has 0 saturated carbocycles. The number of nitrogens with zero attached hydrogens (tertiary/aromatic N) is 1. The summed E-state index contributed by atoms with van der Waals surface area (Å²) in [5.74, 6) is 4.75. The van der Waals surface area contributed by atoms with Gasteiger partial charge in [-0.05, 0) is 69.3 Å². The number of nitrogens with one attached hydrogen (secondary N) is 1. The van der Waals surface area contributed by atoms with E-state index in [9.17, 15) is 0 Å². The predicted molar refractivity (Wildman–Crippen MR) is 68.5 cm³/mol. The quantitative estimate of drug-likeness (QED) is 0.788. The van der Waals surface area contributed by atoms with Gasteiger partial charge in [-0.2, -0.15) is 11.8 Å². The van der Waals surface area contributed by atoms with Crippen LogP contribution in [0.3, 0.4) is 0 Å². The van der Waals surface area contributed by atoms with Gasteiger partial charge in [0.25, 0.3) is 0 Å². The highest BCUT2D eigenvalue weighted by Gasteiger charge is 2.23. The second-order valence-corrected chi connectivity index (χ2v) is 6.18. The molecule has 2 heterocycles. The number of hydrogen-bond donors (Lipinski definition) is 1. The molecule has 2 saturated heterocycles. The van der Waals surface area contributed by atoms with Crippen LogP contribution in [0.25, 0.3) is 0 Å². The molecular weight excluding hydrogens is 204 g/mol. The van der Waals surface area contributed by atoms with Crippen molar-refractivity contribution in [3.63, 3.8) is 0 Å². The first-order chi connectivity index (χ1) is 7.38. The van der Waals surface area contributed by atoms with Gasteiger partial charge in [-0.15, -0.1) is 0 Å². The monoisotopic (exact) mass is 228 g/mol. The maximum Gasteiger partial charge on any atom is 0.00178 e. The van der Waals surface area contributed by atoms with Crippen molar-refractivity contribution in [1.82, 2.24) is 10.2 Å². The van der Waals surface area contributed by atoms with Crippen molar-refractivity contribution >= 4 is 11.8 Å². The minimum Gasteiger partial charge on any atom is -0.319 e. The van der Waals surface area contributed by atoms with Crippen molar-refractivity contribution in [2.75, 3.05) is 44.7 Å². The van der Waals surface area contributed by atoms with Crippen molar-refractivity contribution in [3.05, 3.63) is 0 Å². The summed E-state index contributed by atoms with van der Waals surface area (Å²) in [6, 6.07) is 0. The first-order valence-corrected chi connectivity index (χ1v) is 7.48. The Bertz CT molecular complexity index is 172. The van der Waals surface area contributed by atoms with Crippen molar-refractivity contribution in [2.45, 2.75) is 19.3 Å². The molecule has 3 heteroatoms. The topological polar surface area (TPSA) is 15.3 Å². The molecule has 2 aliphatic rings. The Morgan fingerprint density at radius 2 is 2.00 bits per heavy atom. The van der Waals surface area contributed by atoms with Crippen molar-refractivity contribution in [2.24, 2.45) is 11.8 Å². The van der Waals surface area contributed by atoms with Crippen LogP contribution >= 0.6 is 11.8 Å². The van der Waals surface area contributed by atoms with E-state index in [4.69, 9.17) is 0 Å². The summed E-state index contributed by atoms with van der Waals surface area (Å²) in [7, 11) is 2.07. The maximum atomic E-state index is 3.30. The molecule has 0 aromatic heterocycles. The normalized spacial score (nSPS) is 29.8. The van der Waals surface area contributed by atoms with E-state index in [1.54, 1.807) is 0 Å². The van der Waals surface area contributed by atoms with Crippen LogP contribution in [-0.2, 0) is 0 Å². The van der Waals surface area contributed by atoms with E-state index in [0.29, 0.717) is 0 Å². The average Bonchev–Trinajstić information content (AvgIpc) is 2.74. The fourth-order valence-corrected chi connectivity index (χ4v) is 4.03. The second kappa shape index (κ2) is 6.12. The van der Waals surface area contributed by atoms with Crippen LogP contribution in [-0.4, -0.2) is 49.6 Å². The molecule has 88 valence electrons. The molecule has 0 spiro atoms. The lowest BCUT2D eigenvalue weighted by atomic mass is 9.96. The van der Waals surface area contributed by atoms with E-state index >= 15 is 0 Å². The van der Waals surface area contributed by atoms with Crippen LogP contribution in [0.15, 0.2) is 0 Å². The number of likely N-dealkylation sites (tertiary alicyclic amines) is 1. The molecule has 2 rings (SSSR count). The summed E-state index contributed by atoms with van der Waals surface area (Å²) in [6.45, 7) is 5.27. The summed E-state index contributed by atoms with van der Waals surface area (Å²) in [6.07, 6.45) is 4.27. The minimum absolute atomic E-state index is 0.934. The highest BCUT2D eigenvalue weighted by molar-refractivity contribution is 7.99. The Balaban J connectivity index is 1.64. The summed E-state index contributed by atoms with van der Waals surface area (Å²) >= 11 is 2.14. The van der Waals surface area contributed by atoms with Gasteiger partial charge in [-0.1, -0.05) is 0 Å². The first-order valence-electron chi connectivity index (χ1n) is 6.33. The fourth-order valence-electron chi connectivity index (χ4n) is 2.75. The van der Waals surface area contributed by atoms with Gasteiger partial charge in [-0.3, -0.25) is 0 Å². The number of rotatable bonds is 4. The van der Waals surface area contributed by atoms with E-state index in [2.05, 4.69) is 29.0 Å². The molecule has 1 unspecified atom stereocenters. The molecular formula is C12H24N2S. The van der Waals surface area contributed by atoms with Gasteiger partial charge in [0, 0.05) is 6.54 Å². The lowest BCUT2D eigenvalue weighted by molar-refractivity contribution is 0.165. The summed E-state index contributed by atoms with van der Waals surface area (Å²) in [5, 5.41) is 3.30. The Kier molecular flexibility index (Phi) is 4.79. The van der Waals surface area contributed by atoms with Crippen molar-refractivity contribution in [1.29, 1.82) is 0 Å². The van der Waals surface area contributed by atoms with Crippen molar-refractivity contribution < 1.29 is 0 Å². The highest BCUT2D eigenvalue weighted by atomic mass is 32.2. The zero-order valence-corrected chi connectivity index (χ0v) is 10.7. The SMILES string of the molecule is CNCC1CCN(CC2CCSC2)CC1. The van der Waals surface area contributed by atoms with Crippen LogP contribution in [0.4, 0.5) is 0 Å². The molecule has 2 fully saturated rings. The van der Waals surface area contributed by atoms with Gasteiger partial charge < -0.3 is 10.2 Å². The first kappa shape index (κ1) is 11.7. The fraction of sp³-hybridized carbons (Fsp3) is 1.00. The molecule has 15 heavy (non-hydrogen) atoms. The molecule has 0 aromatic carbocycles. The van der Waals surface area contributed by atoms with Crippen LogP contribution < -0.4 is 5.32 Å². The number of hydrogen-bond acceptors (Lipinski definition) is 3. The third-order valence-corrected chi connectivity index (χ3v) is 4.97. The molecule has 0 radical (unpaired) electrons. The van der Waals surface area contributed by atoms with Crippen LogP contribution in [0.1, 0.15) is 19.3 Å². The van der Waals surface area contributed by atoms with Crippen LogP contribution in [0.5, 0.6) is 0 Å². The number of thioether (sulfide) groups is 1. The lowest BCUT2D eigenvalue weighted by Crippen LogP contribution is -2.39. The average molecular weight is 228 g/mol. The molecule has 0 amide bonds. The molecule has 0 aromatic rings. The van der Waals surface area contributed by atoms with E-state index in [-0.39, 0.29) is 0 Å². The molecule has 1 N–H and O–H groups in total. The van der Waals surface area contributed by atoms with Crippen molar-refractivity contribution in [3.8, 4) is 0 Å². The molecule has 2 aliphatic heterocycles. The summed E-state index contributed by atoms with van der Waals surface area (Å²) in [4.78, 5) is 2.70. The van der Waals surface area contributed by atoms with E-state index in [1.807, 2.05) is 0 Å². The summed E-state index contributed by atoms with van der Waals surface area (Å²) < 4.78 is 0. The van der Waals surface area contributed by atoms with Gasteiger partial charge in [-0.25, -0.2) is 0 Å². The number of piperidine rings is 1. The van der Waals surface area contributed by atoms with E-state index in [1.165, 1.54) is 56.9 Å². The largest absolute Gasteiger partial charge is 0.319 e. The Morgan fingerprint density at radius 1 is 1.20 bits per heavy atom. The standard InChI is InChI=1S/C12H24N2S/c1-13-8-11-2-5-14(6-3-11)9-12-4-7-15-10-12/h11-13H,2-10H2,1H3. The smallest absolute Gasteiger partial charge is 0.00178 e. The Morgan fingerprint density at radius 3 is 2.60 bits per heavy atom. The lowest BCUT2D eigenvalue weighted by Gasteiger charge is -2.33. The molecule has 2 nitrogen and oxygen atoms in total. The van der Waals surface area contributed by atoms with Gasteiger partial charge >= 0.3 is 0 Å². The zero-order chi connectivity index (χ0) is 10.5. The van der Waals surface area contributed by atoms with Gasteiger partial charge in [0.1, 0.15) is 0 Å². The minimum atomic E-state index is 0.934. The maximum absolute atomic E-state index is 3.30. The molecule has 0 bridgehead atoms. The molecule has 1 atom stereocenters. The van der Waals surface area contributed by atoms with Crippen LogP contribution in [0.2, 0.25) is 0 Å². The van der Waals surface area contributed by atoms with E-state index in [0.717, 1.165) is 11.8 Å². The van der Waals surface area contributed by atoms with Gasteiger partial charge in [0.05, 0.1) is 0 Å². The Labute approximate surface area is 98.2 Å². The van der Waals surface area contributed by atoms with E-state index < -0.39 is 0 Å².